The number of anilines is 2. The van der Waals surface area contributed by atoms with Gasteiger partial charge in [-0.1, -0.05) is 20.8 Å². The summed E-state index contributed by atoms with van der Waals surface area (Å²) in [6.07, 6.45) is 2.48. The van der Waals surface area contributed by atoms with Gasteiger partial charge in [0.15, 0.2) is 0 Å². The molecule has 1 aromatic heterocycles. The van der Waals surface area contributed by atoms with E-state index in [1.807, 2.05) is 13.0 Å². The first-order valence-corrected chi connectivity index (χ1v) is 7.41. The summed E-state index contributed by atoms with van der Waals surface area (Å²) in [5, 5.41) is 0. The van der Waals surface area contributed by atoms with Crippen LogP contribution in [0.3, 0.4) is 0 Å². The number of aromatic nitrogens is 2. The third kappa shape index (κ3) is 3.60. The third-order valence-corrected chi connectivity index (χ3v) is 3.57. The molecule has 2 heterocycles. The minimum absolute atomic E-state index is 0.0895. The number of hydrogen-bond donors (Lipinski definition) is 1. The van der Waals surface area contributed by atoms with Crippen molar-refractivity contribution in [3.63, 3.8) is 0 Å². The zero-order chi connectivity index (χ0) is 14.8. The van der Waals surface area contributed by atoms with Gasteiger partial charge in [0, 0.05) is 31.2 Å². The molecule has 20 heavy (non-hydrogen) atoms. The third-order valence-electron chi connectivity index (χ3n) is 3.57. The van der Waals surface area contributed by atoms with Crippen LogP contribution in [0.5, 0.6) is 0 Å². The summed E-state index contributed by atoms with van der Waals surface area (Å²) in [4.78, 5) is 11.3. The van der Waals surface area contributed by atoms with Crippen molar-refractivity contribution in [3.05, 3.63) is 11.9 Å². The van der Waals surface area contributed by atoms with E-state index in [1.165, 1.54) is 0 Å². The number of ether oxygens (including phenoxy) is 1. The van der Waals surface area contributed by atoms with Crippen molar-refractivity contribution in [2.24, 2.45) is 0 Å². The molecular weight excluding hydrogens is 252 g/mol. The minimum Gasteiger partial charge on any atom is -0.384 e. The molecule has 0 unspecified atom stereocenters. The number of hydrogen-bond acceptors (Lipinski definition) is 5. The van der Waals surface area contributed by atoms with Crippen LogP contribution in [0, 0.1) is 0 Å². The predicted molar refractivity (Wildman–Crippen MR) is 82.0 cm³/mol. The van der Waals surface area contributed by atoms with Crippen LogP contribution < -0.4 is 10.6 Å². The Kier molecular flexibility index (Phi) is 4.48. The van der Waals surface area contributed by atoms with Crippen molar-refractivity contribution < 1.29 is 4.74 Å². The van der Waals surface area contributed by atoms with Gasteiger partial charge in [0.25, 0.3) is 0 Å². The fraction of sp³-hybridized carbons (Fsp3) is 0.733. The van der Waals surface area contributed by atoms with Crippen molar-refractivity contribution >= 4 is 11.6 Å². The quantitative estimate of drug-likeness (QED) is 0.919. The van der Waals surface area contributed by atoms with Gasteiger partial charge in [0.2, 0.25) is 0 Å². The van der Waals surface area contributed by atoms with Crippen LogP contribution in [0.15, 0.2) is 6.07 Å². The van der Waals surface area contributed by atoms with Gasteiger partial charge in [0.05, 0.1) is 6.10 Å². The van der Waals surface area contributed by atoms with E-state index < -0.39 is 0 Å². The highest BCUT2D eigenvalue weighted by Gasteiger charge is 2.23. The molecule has 1 saturated heterocycles. The molecule has 2 N–H and O–H groups in total. The van der Waals surface area contributed by atoms with Gasteiger partial charge >= 0.3 is 0 Å². The first kappa shape index (κ1) is 15.0. The van der Waals surface area contributed by atoms with E-state index in [-0.39, 0.29) is 5.41 Å². The molecule has 5 nitrogen and oxygen atoms in total. The molecule has 0 aromatic carbocycles. The van der Waals surface area contributed by atoms with Gasteiger partial charge in [-0.3, -0.25) is 0 Å². The first-order valence-electron chi connectivity index (χ1n) is 7.41. The number of rotatable bonds is 3. The topological polar surface area (TPSA) is 64.3 Å². The maximum absolute atomic E-state index is 5.94. The lowest BCUT2D eigenvalue weighted by molar-refractivity contribution is 0.0458. The average molecular weight is 278 g/mol. The summed E-state index contributed by atoms with van der Waals surface area (Å²) in [7, 11) is 0. The van der Waals surface area contributed by atoms with Crippen molar-refractivity contribution in [1.82, 2.24) is 9.97 Å². The molecule has 1 aromatic rings. The molecule has 1 aliphatic rings. The molecular formula is C15H26N4O. The van der Waals surface area contributed by atoms with Crippen molar-refractivity contribution in [3.8, 4) is 0 Å². The van der Waals surface area contributed by atoms with E-state index in [4.69, 9.17) is 15.5 Å². The van der Waals surface area contributed by atoms with Gasteiger partial charge in [-0.2, -0.15) is 0 Å². The van der Waals surface area contributed by atoms with E-state index in [0.29, 0.717) is 11.9 Å². The predicted octanol–water partition coefficient (Wildman–Crippen LogP) is 2.36. The molecule has 1 aliphatic heterocycles. The molecule has 0 aliphatic carbocycles. The molecule has 5 heteroatoms. The van der Waals surface area contributed by atoms with E-state index in [9.17, 15) is 0 Å². The fourth-order valence-electron chi connectivity index (χ4n) is 2.44. The minimum atomic E-state index is -0.0895. The Morgan fingerprint density at radius 3 is 2.50 bits per heavy atom. The van der Waals surface area contributed by atoms with Crippen molar-refractivity contribution in [1.29, 1.82) is 0 Å². The molecule has 1 fully saturated rings. The highest BCUT2D eigenvalue weighted by atomic mass is 16.5. The van der Waals surface area contributed by atoms with Crippen molar-refractivity contribution in [2.45, 2.75) is 52.1 Å². The van der Waals surface area contributed by atoms with Crippen LogP contribution in [0.4, 0.5) is 11.6 Å². The number of nitrogen functional groups attached to an aromatic ring is 1. The average Bonchev–Trinajstić information content (AvgIpc) is 2.38. The largest absolute Gasteiger partial charge is 0.384 e. The Bertz CT molecular complexity index is 448. The lowest BCUT2D eigenvalue weighted by atomic mass is 9.95. The van der Waals surface area contributed by atoms with Crippen LogP contribution in [0.2, 0.25) is 0 Å². The van der Waals surface area contributed by atoms with E-state index >= 15 is 0 Å². The van der Waals surface area contributed by atoms with Crippen LogP contribution >= 0.6 is 0 Å². The Balaban J connectivity index is 2.12. The normalized spacial score (nSPS) is 17.5. The second-order valence-corrected chi connectivity index (χ2v) is 6.37. The SMILES string of the molecule is CCOC1CCN(c2cc(N)nc(C(C)(C)C)n2)CC1. The Morgan fingerprint density at radius 1 is 1.30 bits per heavy atom. The van der Waals surface area contributed by atoms with E-state index in [1.54, 1.807) is 0 Å². The van der Waals surface area contributed by atoms with Crippen molar-refractivity contribution in [2.75, 3.05) is 30.3 Å². The van der Waals surface area contributed by atoms with Gasteiger partial charge in [-0.15, -0.1) is 0 Å². The highest BCUT2D eigenvalue weighted by Crippen LogP contribution is 2.25. The molecule has 2 rings (SSSR count). The number of nitrogens with two attached hydrogens (primary N) is 1. The van der Waals surface area contributed by atoms with Crippen LogP contribution in [0.25, 0.3) is 0 Å². The summed E-state index contributed by atoms with van der Waals surface area (Å²) < 4.78 is 5.68. The van der Waals surface area contributed by atoms with Gasteiger partial charge in [-0.25, -0.2) is 9.97 Å². The van der Waals surface area contributed by atoms with Gasteiger partial charge in [-0.05, 0) is 19.8 Å². The van der Waals surface area contributed by atoms with Crippen LogP contribution in [0.1, 0.15) is 46.4 Å². The first-order chi connectivity index (χ1) is 9.40. The maximum atomic E-state index is 5.94. The van der Waals surface area contributed by atoms with Gasteiger partial charge < -0.3 is 15.4 Å². The summed E-state index contributed by atoms with van der Waals surface area (Å²) in [6, 6.07) is 1.87. The molecule has 0 amide bonds. The second-order valence-electron chi connectivity index (χ2n) is 6.37. The summed E-state index contributed by atoms with van der Waals surface area (Å²) in [5.41, 5.74) is 5.85. The van der Waals surface area contributed by atoms with Gasteiger partial charge in [0.1, 0.15) is 17.5 Å². The maximum Gasteiger partial charge on any atom is 0.138 e. The summed E-state index contributed by atoms with van der Waals surface area (Å²) in [6.45, 7) is 11.1. The van der Waals surface area contributed by atoms with E-state index in [2.05, 4.69) is 30.7 Å². The fourth-order valence-corrected chi connectivity index (χ4v) is 2.44. The van der Waals surface area contributed by atoms with Crippen LogP contribution in [-0.4, -0.2) is 35.8 Å². The molecule has 0 spiro atoms. The molecule has 0 radical (unpaired) electrons. The lowest BCUT2D eigenvalue weighted by Gasteiger charge is -2.33. The monoisotopic (exact) mass is 278 g/mol. The smallest absolute Gasteiger partial charge is 0.138 e. The molecule has 0 saturated carbocycles. The Labute approximate surface area is 121 Å². The standard InChI is InChI=1S/C15H26N4O/c1-5-20-11-6-8-19(9-7-11)13-10-12(16)17-14(18-13)15(2,3)4/h10-11H,5-9H2,1-4H3,(H2,16,17,18). The van der Waals surface area contributed by atoms with Crippen LogP contribution in [-0.2, 0) is 10.2 Å². The Morgan fingerprint density at radius 2 is 1.95 bits per heavy atom. The lowest BCUT2D eigenvalue weighted by Crippen LogP contribution is -2.38. The summed E-state index contributed by atoms with van der Waals surface area (Å²) >= 11 is 0. The molecule has 112 valence electrons. The number of nitrogens with zero attached hydrogens (tertiary/aromatic N) is 3. The highest BCUT2D eigenvalue weighted by molar-refractivity contribution is 5.48. The Hall–Kier alpha value is -1.36. The second kappa shape index (κ2) is 5.95. The van der Waals surface area contributed by atoms with E-state index in [0.717, 1.165) is 44.2 Å². The summed E-state index contributed by atoms with van der Waals surface area (Å²) in [5.74, 6) is 2.30. The molecule has 0 bridgehead atoms. The molecule has 0 atom stereocenters. The zero-order valence-electron chi connectivity index (χ0n) is 13.0. The number of piperidine rings is 1. The zero-order valence-corrected chi connectivity index (χ0v) is 13.0.